The van der Waals surface area contributed by atoms with E-state index >= 15 is 0 Å². The van der Waals surface area contributed by atoms with Gasteiger partial charge in [-0.05, 0) is 77.9 Å². The minimum Gasteiger partial charge on any atom is -0.489 e. The molecule has 1 amide bonds. The first-order valence-electron chi connectivity index (χ1n) is 12.6. The molecule has 3 aromatic carbocycles. The van der Waals surface area contributed by atoms with E-state index in [0.29, 0.717) is 43.9 Å². The van der Waals surface area contributed by atoms with Crippen LogP contribution in [0.15, 0.2) is 80.8 Å². The second-order valence-corrected chi connectivity index (χ2v) is 9.53. The van der Waals surface area contributed by atoms with Crippen LogP contribution in [0, 0.1) is 6.92 Å². The van der Waals surface area contributed by atoms with E-state index in [1.807, 2.05) is 60.4 Å². The number of nitrogens with zero attached hydrogens (tertiary/aromatic N) is 2. The van der Waals surface area contributed by atoms with E-state index in [4.69, 9.17) is 9.26 Å². The Morgan fingerprint density at radius 3 is 2.47 bits per heavy atom. The van der Waals surface area contributed by atoms with Gasteiger partial charge in [0.25, 0.3) is 5.91 Å². The van der Waals surface area contributed by atoms with Crippen molar-refractivity contribution in [3.8, 4) is 16.9 Å². The van der Waals surface area contributed by atoms with E-state index in [0.717, 1.165) is 32.6 Å². The minimum atomic E-state index is -0.782. The van der Waals surface area contributed by atoms with Crippen molar-refractivity contribution < 1.29 is 19.2 Å². The zero-order valence-electron chi connectivity index (χ0n) is 21.1. The fraction of sp³-hybridized carbons (Fsp3) is 0.276. The number of piperidine rings is 1. The minimum absolute atomic E-state index is 0.00410. The Morgan fingerprint density at radius 2 is 1.79 bits per heavy atom. The van der Waals surface area contributed by atoms with Crippen LogP contribution in [-0.4, -0.2) is 44.8 Å². The summed E-state index contributed by atoms with van der Waals surface area (Å²) in [5, 5.41) is 9.71. The summed E-state index contributed by atoms with van der Waals surface area (Å²) in [5.74, 6) is -0.105. The molecule has 1 aliphatic heterocycles. The Hall–Kier alpha value is -4.37. The number of ether oxygens (including phenoxy) is 1. The third-order valence-electron chi connectivity index (χ3n) is 6.75. The maximum absolute atomic E-state index is 12.9. The number of amides is 1. The number of carbonyl (C=O) groups excluding carboxylic acids is 1. The number of aryl methyl sites for hydroxylation is 1. The molecule has 0 atom stereocenters. The molecule has 0 unspecified atom stereocenters. The first-order valence-corrected chi connectivity index (χ1v) is 12.6. The number of likely N-dealkylation sites (tertiary alicyclic amines) is 1. The van der Waals surface area contributed by atoms with E-state index in [1.54, 1.807) is 12.1 Å². The standard InChI is InChI=1S/C29H29N3O6/c1-19-15-23(27(34)31-13-11-24(33)12-14-31)7-10-26(19)22-4-2-3-21(16-22)18-37-25-8-5-20(6-9-25)17-32-28(35)30-29(36)38-32/h2-10,15-16,24,33H,11-14,17-18H2,1H3,(H,30,35,36). The number of aromatic nitrogens is 2. The number of aliphatic hydroxyl groups is 1. The van der Waals surface area contributed by atoms with Gasteiger partial charge in [-0.25, -0.2) is 14.6 Å². The summed E-state index contributed by atoms with van der Waals surface area (Å²) in [7, 11) is 0. The lowest BCUT2D eigenvalue weighted by Gasteiger charge is -2.29. The number of aliphatic hydroxyl groups excluding tert-OH is 1. The van der Waals surface area contributed by atoms with Gasteiger partial charge < -0.3 is 19.3 Å². The number of hydrogen-bond donors (Lipinski definition) is 2. The first-order chi connectivity index (χ1) is 18.4. The molecule has 0 radical (unpaired) electrons. The monoisotopic (exact) mass is 515 g/mol. The van der Waals surface area contributed by atoms with Gasteiger partial charge in [-0.2, -0.15) is 0 Å². The Morgan fingerprint density at radius 1 is 1.03 bits per heavy atom. The van der Waals surface area contributed by atoms with Crippen molar-refractivity contribution in [1.82, 2.24) is 14.6 Å². The summed E-state index contributed by atoms with van der Waals surface area (Å²) >= 11 is 0. The van der Waals surface area contributed by atoms with Crippen LogP contribution in [0.5, 0.6) is 5.75 Å². The quantitative estimate of drug-likeness (QED) is 0.390. The molecule has 4 aromatic rings. The van der Waals surface area contributed by atoms with Gasteiger partial charge in [0, 0.05) is 18.7 Å². The van der Waals surface area contributed by atoms with E-state index in [2.05, 4.69) is 11.1 Å². The molecule has 1 aromatic heterocycles. The van der Waals surface area contributed by atoms with Gasteiger partial charge in [0.05, 0.1) is 12.6 Å². The van der Waals surface area contributed by atoms with Crippen LogP contribution in [0.2, 0.25) is 0 Å². The maximum atomic E-state index is 12.9. The Kier molecular flexibility index (Phi) is 7.28. The molecule has 2 heterocycles. The molecule has 0 bridgehead atoms. The number of carbonyl (C=O) groups is 1. The van der Waals surface area contributed by atoms with E-state index < -0.39 is 11.4 Å². The average molecular weight is 516 g/mol. The number of H-pyrrole nitrogens is 1. The Balaban J connectivity index is 1.22. The molecule has 1 saturated heterocycles. The zero-order chi connectivity index (χ0) is 26.6. The largest absolute Gasteiger partial charge is 0.489 e. The summed E-state index contributed by atoms with van der Waals surface area (Å²) in [4.78, 5) is 39.5. The van der Waals surface area contributed by atoms with Gasteiger partial charge in [-0.1, -0.05) is 36.4 Å². The second kappa shape index (κ2) is 10.9. The number of aromatic amines is 1. The van der Waals surface area contributed by atoms with Crippen molar-refractivity contribution >= 4 is 5.91 Å². The fourth-order valence-corrected chi connectivity index (χ4v) is 4.64. The number of benzene rings is 3. The van der Waals surface area contributed by atoms with Crippen molar-refractivity contribution in [2.75, 3.05) is 13.1 Å². The summed E-state index contributed by atoms with van der Waals surface area (Å²) in [6.45, 7) is 3.68. The van der Waals surface area contributed by atoms with Gasteiger partial charge in [-0.3, -0.25) is 4.79 Å². The van der Waals surface area contributed by atoms with Crippen LogP contribution in [0.25, 0.3) is 11.1 Å². The zero-order valence-corrected chi connectivity index (χ0v) is 21.1. The average Bonchev–Trinajstić information content (AvgIpc) is 3.24. The summed E-state index contributed by atoms with van der Waals surface area (Å²) < 4.78 is 11.7. The highest BCUT2D eigenvalue weighted by atomic mass is 16.5. The van der Waals surface area contributed by atoms with Gasteiger partial charge in [0.15, 0.2) is 0 Å². The molecule has 38 heavy (non-hydrogen) atoms. The van der Waals surface area contributed by atoms with Crippen molar-refractivity contribution in [3.05, 3.63) is 110 Å². The first kappa shape index (κ1) is 25.3. The van der Waals surface area contributed by atoms with E-state index in [9.17, 15) is 19.5 Å². The van der Waals surface area contributed by atoms with Gasteiger partial charge >= 0.3 is 11.4 Å². The third kappa shape index (κ3) is 5.78. The molecule has 0 saturated carbocycles. The SMILES string of the molecule is Cc1cc(C(=O)N2CCC(O)CC2)ccc1-c1cccc(COc2ccc(Cn3oc(=O)[nH]c3=O)cc2)c1. The lowest BCUT2D eigenvalue weighted by molar-refractivity contribution is 0.0546. The van der Waals surface area contributed by atoms with Crippen LogP contribution in [0.3, 0.4) is 0 Å². The summed E-state index contributed by atoms with van der Waals surface area (Å²) in [5.41, 5.74) is 4.96. The normalized spacial score (nSPS) is 14.0. The van der Waals surface area contributed by atoms with Crippen LogP contribution in [-0.2, 0) is 13.2 Å². The maximum Gasteiger partial charge on any atom is 0.440 e. The third-order valence-corrected chi connectivity index (χ3v) is 6.75. The highest BCUT2D eigenvalue weighted by molar-refractivity contribution is 5.95. The molecule has 2 N–H and O–H groups in total. The molecule has 196 valence electrons. The predicted molar refractivity (Wildman–Crippen MR) is 141 cm³/mol. The van der Waals surface area contributed by atoms with Crippen molar-refractivity contribution in [3.63, 3.8) is 0 Å². The smallest absolute Gasteiger partial charge is 0.440 e. The van der Waals surface area contributed by atoms with Gasteiger partial charge in [0.2, 0.25) is 0 Å². The van der Waals surface area contributed by atoms with Crippen molar-refractivity contribution in [2.24, 2.45) is 0 Å². The molecule has 5 rings (SSSR count). The highest BCUT2D eigenvalue weighted by Crippen LogP contribution is 2.27. The Labute approximate surface area is 218 Å². The number of hydrogen-bond acceptors (Lipinski definition) is 6. The van der Waals surface area contributed by atoms with Crippen LogP contribution in [0.4, 0.5) is 0 Å². The predicted octanol–water partition coefficient (Wildman–Crippen LogP) is 3.33. The van der Waals surface area contributed by atoms with Crippen molar-refractivity contribution in [1.29, 1.82) is 0 Å². The number of nitrogens with one attached hydrogen (secondary N) is 1. The topological polar surface area (TPSA) is 118 Å². The van der Waals surface area contributed by atoms with Crippen molar-refractivity contribution in [2.45, 2.75) is 39.0 Å². The summed E-state index contributed by atoms with van der Waals surface area (Å²) in [6.07, 6.45) is 0.929. The number of rotatable bonds is 7. The van der Waals surface area contributed by atoms with E-state index in [-0.39, 0.29) is 18.6 Å². The lowest BCUT2D eigenvalue weighted by Crippen LogP contribution is -2.40. The molecule has 1 fully saturated rings. The fourth-order valence-electron chi connectivity index (χ4n) is 4.64. The van der Waals surface area contributed by atoms with Crippen LogP contribution < -0.4 is 16.2 Å². The second-order valence-electron chi connectivity index (χ2n) is 9.53. The molecule has 0 spiro atoms. The Bertz CT molecular complexity index is 1540. The van der Waals surface area contributed by atoms with Gasteiger partial charge in [-0.15, -0.1) is 4.74 Å². The molecule has 9 heteroatoms. The van der Waals surface area contributed by atoms with Crippen LogP contribution >= 0.6 is 0 Å². The summed E-state index contributed by atoms with van der Waals surface area (Å²) in [6, 6.07) is 21.1. The molecular formula is C29H29N3O6. The van der Waals surface area contributed by atoms with Crippen LogP contribution in [0.1, 0.15) is 39.9 Å². The van der Waals surface area contributed by atoms with E-state index in [1.165, 1.54) is 0 Å². The highest BCUT2D eigenvalue weighted by Gasteiger charge is 2.22. The van der Waals surface area contributed by atoms with Gasteiger partial charge in [0.1, 0.15) is 12.4 Å². The lowest BCUT2D eigenvalue weighted by atomic mass is 9.96. The molecule has 9 nitrogen and oxygen atoms in total. The molecule has 0 aliphatic carbocycles. The molecular weight excluding hydrogens is 486 g/mol. The molecule has 1 aliphatic rings.